The van der Waals surface area contributed by atoms with Crippen molar-refractivity contribution in [3.05, 3.63) is 28.2 Å². The Morgan fingerprint density at radius 1 is 1.11 bits per heavy atom. The first-order valence-electron chi connectivity index (χ1n) is 5.83. The molecule has 1 N–H and O–H groups in total. The molecule has 1 aromatic rings. The lowest BCUT2D eigenvalue weighted by Crippen LogP contribution is -2.31. The van der Waals surface area contributed by atoms with Crippen LogP contribution in [0.5, 0.6) is 0 Å². The van der Waals surface area contributed by atoms with E-state index in [0.717, 1.165) is 0 Å². The molecule has 1 saturated heterocycles. The molecule has 1 aromatic carbocycles. The highest BCUT2D eigenvalue weighted by atomic mass is 35.5. The van der Waals surface area contributed by atoms with Crippen molar-refractivity contribution in [3.8, 4) is 0 Å². The summed E-state index contributed by atoms with van der Waals surface area (Å²) in [6.07, 6.45) is 0.727. The molecule has 0 radical (unpaired) electrons. The average molecular weight is 322 g/mol. The number of sulfone groups is 1. The van der Waals surface area contributed by atoms with Crippen molar-refractivity contribution in [3.63, 3.8) is 0 Å². The zero-order chi connectivity index (χ0) is 14.0. The Kier molecular flexibility index (Phi) is 4.38. The molecule has 0 bridgehead atoms. The Morgan fingerprint density at radius 3 is 2.16 bits per heavy atom. The molecule has 0 spiro atoms. The summed E-state index contributed by atoms with van der Waals surface area (Å²) in [4.78, 5) is 12.0. The number of carbonyl (C=O) groups is 1. The fourth-order valence-corrected chi connectivity index (χ4v) is 4.04. The van der Waals surface area contributed by atoms with Crippen LogP contribution in [0.15, 0.2) is 18.2 Å². The predicted octanol–water partition coefficient (Wildman–Crippen LogP) is 2.76. The van der Waals surface area contributed by atoms with Gasteiger partial charge in [-0.15, -0.1) is 0 Å². The van der Waals surface area contributed by atoms with E-state index < -0.39 is 9.84 Å². The number of amides is 1. The molecule has 1 aliphatic heterocycles. The molecule has 1 amide bonds. The Labute approximate surface area is 122 Å². The van der Waals surface area contributed by atoms with Crippen molar-refractivity contribution in [2.24, 2.45) is 5.92 Å². The normalized spacial score (nSPS) is 19.1. The molecule has 0 saturated carbocycles. The van der Waals surface area contributed by atoms with Gasteiger partial charge in [-0.25, -0.2) is 8.42 Å². The fourth-order valence-electron chi connectivity index (χ4n) is 2.02. The number of halogens is 2. The first-order valence-corrected chi connectivity index (χ1v) is 8.41. The number of anilines is 1. The molecule has 4 nitrogen and oxygen atoms in total. The van der Waals surface area contributed by atoms with E-state index in [1.165, 1.54) is 0 Å². The molecule has 1 aliphatic rings. The van der Waals surface area contributed by atoms with Crippen molar-refractivity contribution >= 4 is 44.6 Å². The summed E-state index contributed by atoms with van der Waals surface area (Å²) in [6.45, 7) is 0. The lowest BCUT2D eigenvalue weighted by Gasteiger charge is -2.21. The maximum absolute atomic E-state index is 12.0. The van der Waals surface area contributed by atoms with Gasteiger partial charge in [0.25, 0.3) is 0 Å². The van der Waals surface area contributed by atoms with Gasteiger partial charge in [0, 0.05) is 21.7 Å². The van der Waals surface area contributed by atoms with Crippen LogP contribution in [0, 0.1) is 5.92 Å². The van der Waals surface area contributed by atoms with Crippen LogP contribution < -0.4 is 5.32 Å². The zero-order valence-corrected chi connectivity index (χ0v) is 12.4. The summed E-state index contributed by atoms with van der Waals surface area (Å²) in [6, 6.07) is 4.78. The van der Waals surface area contributed by atoms with E-state index in [1.54, 1.807) is 18.2 Å². The number of hydrogen-bond acceptors (Lipinski definition) is 3. The molecule has 0 aromatic heterocycles. The number of rotatable bonds is 2. The number of hydrogen-bond donors (Lipinski definition) is 1. The van der Waals surface area contributed by atoms with Crippen LogP contribution in [0.25, 0.3) is 0 Å². The Morgan fingerprint density at radius 2 is 1.63 bits per heavy atom. The van der Waals surface area contributed by atoms with E-state index in [2.05, 4.69) is 5.32 Å². The third kappa shape index (κ3) is 4.09. The van der Waals surface area contributed by atoms with Gasteiger partial charge in [-0.1, -0.05) is 23.2 Å². The van der Waals surface area contributed by atoms with Crippen LogP contribution >= 0.6 is 23.2 Å². The number of carbonyl (C=O) groups excluding carboxylic acids is 1. The first kappa shape index (κ1) is 14.6. The summed E-state index contributed by atoms with van der Waals surface area (Å²) in [5, 5.41) is 3.60. The minimum absolute atomic E-state index is 0.0708. The number of nitrogens with one attached hydrogen (secondary N) is 1. The van der Waals surface area contributed by atoms with E-state index in [9.17, 15) is 13.2 Å². The molecule has 104 valence electrons. The second-order valence-electron chi connectivity index (χ2n) is 4.57. The average Bonchev–Trinajstić information content (AvgIpc) is 2.26. The molecule has 7 heteroatoms. The van der Waals surface area contributed by atoms with Crippen molar-refractivity contribution in [1.82, 2.24) is 0 Å². The van der Waals surface area contributed by atoms with Gasteiger partial charge in [0.05, 0.1) is 11.5 Å². The second kappa shape index (κ2) is 5.69. The van der Waals surface area contributed by atoms with Crippen LogP contribution in [0.4, 0.5) is 5.69 Å². The van der Waals surface area contributed by atoms with E-state index in [0.29, 0.717) is 28.6 Å². The van der Waals surface area contributed by atoms with E-state index >= 15 is 0 Å². The van der Waals surface area contributed by atoms with Crippen molar-refractivity contribution in [2.45, 2.75) is 12.8 Å². The van der Waals surface area contributed by atoms with E-state index in [4.69, 9.17) is 23.2 Å². The molecule has 0 unspecified atom stereocenters. The molecular weight excluding hydrogens is 309 g/mol. The first-order chi connectivity index (χ1) is 8.85. The maximum Gasteiger partial charge on any atom is 0.227 e. The molecule has 1 heterocycles. The third-order valence-electron chi connectivity index (χ3n) is 3.06. The molecular formula is C12H13Cl2NO3S. The molecule has 0 atom stereocenters. The summed E-state index contributed by atoms with van der Waals surface area (Å²) in [7, 11) is -2.96. The van der Waals surface area contributed by atoms with Crippen LogP contribution in [0.1, 0.15) is 12.8 Å². The van der Waals surface area contributed by atoms with Gasteiger partial charge in [-0.3, -0.25) is 4.79 Å². The smallest absolute Gasteiger partial charge is 0.227 e. The van der Waals surface area contributed by atoms with Gasteiger partial charge < -0.3 is 5.32 Å². The SMILES string of the molecule is O=C(Nc1cc(Cl)cc(Cl)c1)C1CCS(=O)(=O)CC1. The second-order valence-corrected chi connectivity index (χ2v) is 7.75. The minimum atomic E-state index is -2.96. The molecule has 19 heavy (non-hydrogen) atoms. The largest absolute Gasteiger partial charge is 0.326 e. The van der Waals surface area contributed by atoms with Gasteiger partial charge in [0.15, 0.2) is 0 Å². The summed E-state index contributed by atoms with van der Waals surface area (Å²) in [5.41, 5.74) is 0.524. The topological polar surface area (TPSA) is 63.2 Å². The summed E-state index contributed by atoms with van der Waals surface area (Å²) < 4.78 is 22.6. The quantitative estimate of drug-likeness (QED) is 0.911. The zero-order valence-electron chi connectivity index (χ0n) is 10.0. The Bertz CT molecular complexity index is 567. The van der Waals surface area contributed by atoms with Crippen molar-refractivity contribution in [2.75, 3.05) is 16.8 Å². The fraction of sp³-hybridized carbons (Fsp3) is 0.417. The van der Waals surface area contributed by atoms with Crippen LogP contribution in [0.3, 0.4) is 0 Å². The van der Waals surface area contributed by atoms with E-state index in [-0.39, 0.29) is 23.3 Å². The van der Waals surface area contributed by atoms with Crippen LogP contribution in [-0.2, 0) is 14.6 Å². The lowest BCUT2D eigenvalue weighted by atomic mass is 10.0. The molecule has 1 fully saturated rings. The summed E-state index contributed by atoms with van der Waals surface area (Å²) in [5.74, 6) is -0.322. The minimum Gasteiger partial charge on any atom is -0.326 e. The Hall–Kier alpha value is -0.780. The highest BCUT2D eigenvalue weighted by Gasteiger charge is 2.28. The third-order valence-corrected chi connectivity index (χ3v) is 5.21. The standard InChI is InChI=1S/C12H13Cl2NO3S/c13-9-5-10(14)7-11(6-9)15-12(16)8-1-3-19(17,18)4-2-8/h5-8H,1-4H2,(H,15,16). The Balaban J connectivity index is 2.01. The van der Waals surface area contributed by atoms with Gasteiger partial charge in [0.2, 0.25) is 5.91 Å². The van der Waals surface area contributed by atoms with Gasteiger partial charge in [-0.2, -0.15) is 0 Å². The lowest BCUT2D eigenvalue weighted by molar-refractivity contribution is -0.120. The monoisotopic (exact) mass is 321 g/mol. The van der Waals surface area contributed by atoms with E-state index in [1.807, 2.05) is 0 Å². The predicted molar refractivity (Wildman–Crippen MR) is 76.5 cm³/mol. The highest BCUT2D eigenvalue weighted by molar-refractivity contribution is 7.91. The van der Waals surface area contributed by atoms with Crippen molar-refractivity contribution < 1.29 is 13.2 Å². The van der Waals surface area contributed by atoms with Gasteiger partial charge in [0.1, 0.15) is 9.84 Å². The highest BCUT2D eigenvalue weighted by Crippen LogP contribution is 2.25. The number of benzene rings is 1. The van der Waals surface area contributed by atoms with Crippen LogP contribution in [0.2, 0.25) is 10.0 Å². The van der Waals surface area contributed by atoms with Gasteiger partial charge in [-0.05, 0) is 31.0 Å². The van der Waals surface area contributed by atoms with Gasteiger partial charge >= 0.3 is 0 Å². The van der Waals surface area contributed by atoms with Crippen LogP contribution in [-0.4, -0.2) is 25.8 Å². The molecule has 2 rings (SSSR count). The maximum atomic E-state index is 12.0. The van der Waals surface area contributed by atoms with Crippen molar-refractivity contribution in [1.29, 1.82) is 0 Å². The summed E-state index contributed by atoms with van der Waals surface area (Å²) >= 11 is 11.7. The molecule has 0 aliphatic carbocycles.